The molecule has 0 N–H and O–H groups in total. The number of hydrogen-bond acceptors (Lipinski definition) is 6. The highest BCUT2D eigenvalue weighted by Crippen LogP contribution is 2.33. The molecule has 0 unspecified atom stereocenters. The maximum atomic E-state index is 12.8. The smallest absolute Gasteiger partial charge is 0.315 e. The minimum atomic E-state index is -0.548. The Hall–Kier alpha value is -4.71. The van der Waals surface area contributed by atoms with E-state index in [2.05, 4.69) is 0 Å². The Morgan fingerprint density at radius 3 is 1.68 bits per heavy atom. The van der Waals surface area contributed by atoms with Gasteiger partial charge in [-0.3, -0.25) is 14.4 Å². The second kappa shape index (κ2) is 12.5. The van der Waals surface area contributed by atoms with Crippen LogP contribution >= 0.6 is 0 Å². The number of hydrogen-bond donors (Lipinski definition) is 0. The number of aryl methyl sites for hydroxylation is 2. The first-order chi connectivity index (χ1) is 18.4. The Morgan fingerprint density at radius 2 is 1.18 bits per heavy atom. The van der Waals surface area contributed by atoms with Crippen LogP contribution in [0.4, 0.5) is 0 Å². The molecule has 192 valence electrons. The van der Waals surface area contributed by atoms with Gasteiger partial charge in [0.1, 0.15) is 12.4 Å². The lowest BCUT2D eigenvalue weighted by atomic mass is 10.1. The molecule has 0 atom stereocenters. The van der Waals surface area contributed by atoms with Gasteiger partial charge in [-0.2, -0.15) is 0 Å². The molecule has 0 saturated carbocycles. The molecule has 0 amide bonds. The Labute approximate surface area is 221 Å². The van der Waals surface area contributed by atoms with Crippen molar-refractivity contribution in [1.29, 1.82) is 0 Å². The number of para-hydroxylation sites is 1. The maximum Gasteiger partial charge on any atom is 0.315 e. The van der Waals surface area contributed by atoms with E-state index >= 15 is 0 Å². The number of esters is 2. The van der Waals surface area contributed by atoms with Crippen LogP contribution in [0.2, 0.25) is 0 Å². The third-order valence-corrected chi connectivity index (χ3v) is 5.94. The molecule has 0 spiro atoms. The summed E-state index contributed by atoms with van der Waals surface area (Å²) in [7, 11) is 0. The summed E-state index contributed by atoms with van der Waals surface area (Å²) in [6, 6.07) is 27.1. The van der Waals surface area contributed by atoms with E-state index < -0.39 is 11.9 Å². The van der Waals surface area contributed by atoms with Crippen LogP contribution in [0, 0.1) is 13.8 Å². The molecule has 0 fully saturated rings. The third kappa shape index (κ3) is 6.95. The van der Waals surface area contributed by atoms with Gasteiger partial charge in [0.05, 0.1) is 12.8 Å². The SMILES string of the molecule is Cc1cccc(C)c1OCc1cc(OC(=O)Cc2ccccc2)c(OC(=O)Cc2ccccc2)cc1C=O. The molecule has 6 nitrogen and oxygen atoms in total. The van der Waals surface area contributed by atoms with E-state index in [4.69, 9.17) is 14.2 Å². The number of carbonyl (C=O) groups is 3. The summed E-state index contributed by atoms with van der Waals surface area (Å²) in [5, 5.41) is 0. The summed E-state index contributed by atoms with van der Waals surface area (Å²) in [6.45, 7) is 3.94. The average Bonchev–Trinajstić information content (AvgIpc) is 2.90. The number of ether oxygens (including phenoxy) is 3. The fourth-order valence-electron chi connectivity index (χ4n) is 4.03. The van der Waals surface area contributed by atoms with Gasteiger partial charge in [-0.05, 0) is 48.2 Å². The lowest BCUT2D eigenvalue weighted by Gasteiger charge is -2.16. The minimum Gasteiger partial charge on any atom is -0.488 e. The maximum absolute atomic E-state index is 12.8. The quantitative estimate of drug-likeness (QED) is 0.149. The first kappa shape index (κ1) is 26.4. The van der Waals surface area contributed by atoms with E-state index in [-0.39, 0.29) is 36.5 Å². The van der Waals surface area contributed by atoms with E-state index in [9.17, 15) is 14.4 Å². The molecule has 0 aliphatic carbocycles. The molecule has 4 aromatic carbocycles. The second-order valence-corrected chi connectivity index (χ2v) is 8.90. The van der Waals surface area contributed by atoms with Gasteiger partial charge in [0, 0.05) is 11.1 Å². The average molecular weight is 509 g/mol. The number of rotatable bonds is 10. The molecule has 0 aliphatic heterocycles. The number of aldehydes is 1. The Bertz CT molecular complexity index is 1410. The van der Waals surface area contributed by atoms with Gasteiger partial charge in [-0.25, -0.2) is 0 Å². The predicted molar refractivity (Wildman–Crippen MR) is 144 cm³/mol. The normalized spacial score (nSPS) is 10.5. The van der Waals surface area contributed by atoms with Crippen LogP contribution in [0.5, 0.6) is 17.2 Å². The molecule has 0 aliphatic rings. The Balaban J connectivity index is 1.61. The molecule has 0 aromatic heterocycles. The predicted octanol–water partition coefficient (Wildman–Crippen LogP) is 5.99. The Morgan fingerprint density at radius 1 is 0.684 bits per heavy atom. The summed E-state index contributed by atoms with van der Waals surface area (Å²) >= 11 is 0. The number of benzene rings is 4. The van der Waals surface area contributed by atoms with Crippen molar-refractivity contribution in [3.8, 4) is 17.2 Å². The zero-order valence-electron chi connectivity index (χ0n) is 21.3. The van der Waals surface area contributed by atoms with Crippen molar-refractivity contribution in [2.45, 2.75) is 33.3 Å². The van der Waals surface area contributed by atoms with Crippen molar-refractivity contribution in [3.63, 3.8) is 0 Å². The van der Waals surface area contributed by atoms with E-state index in [0.717, 1.165) is 22.3 Å². The zero-order valence-corrected chi connectivity index (χ0v) is 21.3. The lowest BCUT2D eigenvalue weighted by Crippen LogP contribution is -2.16. The van der Waals surface area contributed by atoms with E-state index in [1.807, 2.05) is 92.7 Å². The molecule has 6 heteroatoms. The molecule has 0 saturated heterocycles. The topological polar surface area (TPSA) is 78.9 Å². The summed E-state index contributed by atoms with van der Waals surface area (Å²) in [5.74, 6) is -0.335. The van der Waals surface area contributed by atoms with Crippen molar-refractivity contribution in [2.24, 2.45) is 0 Å². The van der Waals surface area contributed by atoms with Crippen molar-refractivity contribution < 1.29 is 28.6 Å². The summed E-state index contributed by atoms with van der Waals surface area (Å²) < 4.78 is 17.3. The summed E-state index contributed by atoms with van der Waals surface area (Å²) in [6.07, 6.45) is 0.710. The molecule has 0 bridgehead atoms. The number of carbonyl (C=O) groups excluding carboxylic acids is 3. The zero-order chi connectivity index (χ0) is 26.9. The molecule has 4 rings (SSSR count). The van der Waals surface area contributed by atoms with Crippen molar-refractivity contribution in [3.05, 3.63) is 124 Å². The molecule has 4 aromatic rings. The van der Waals surface area contributed by atoms with Gasteiger partial charge in [-0.15, -0.1) is 0 Å². The highest BCUT2D eigenvalue weighted by molar-refractivity contribution is 5.83. The highest BCUT2D eigenvalue weighted by atomic mass is 16.6. The lowest BCUT2D eigenvalue weighted by molar-refractivity contribution is -0.136. The molecule has 0 radical (unpaired) electrons. The van der Waals surface area contributed by atoms with E-state index in [1.165, 1.54) is 12.1 Å². The van der Waals surface area contributed by atoms with Gasteiger partial charge in [-0.1, -0.05) is 78.9 Å². The largest absolute Gasteiger partial charge is 0.488 e. The van der Waals surface area contributed by atoms with Crippen LogP contribution < -0.4 is 14.2 Å². The van der Waals surface area contributed by atoms with Gasteiger partial charge in [0.2, 0.25) is 0 Å². The van der Waals surface area contributed by atoms with Gasteiger partial charge in [0.15, 0.2) is 17.8 Å². The minimum absolute atomic E-state index is 0.00901. The van der Waals surface area contributed by atoms with E-state index in [1.54, 1.807) is 0 Å². The van der Waals surface area contributed by atoms with Gasteiger partial charge >= 0.3 is 11.9 Å². The molecule has 38 heavy (non-hydrogen) atoms. The molecular formula is C32H28O6. The van der Waals surface area contributed by atoms with Crippen LogP contribution in [0.15, 0.2) is 91.0 Å². The van der Waals surface area contributed by atoms with Crippen LogP contribution in [0.25, 0.3) is 0 Å². The highest BCUT2D eigenvalue weighted by Gasteiger charge is 2.19. The Kier molecular flexibility index (Phi) is 8.67. The second-order valence-electron chi connectivity index (χ2n) is 8.90. The first-order valence-electron chi connectivity index (χ1n) is 12.2. The van der Waals surface area contributed by atoms with Crippen molar-refractivity contribution in [1.82, 2.24) is 0 Å². The van der Waals surface area contributed by atoms with Crippen LogP contribution in [-0.2, 0) is 29.0 Å². The first-order valence-corrected chi connectivity index (χ1v) is 12.2. The van der Waals surface area contributed by atoms with E-state index in [0.29, 0.717) is 17.6 Å². The fraction of sp³-hybridized carbons (Fsp3) is 0.156. The molecule has 0 heterocycles. The van der Waals surface area contributed by atoms with Crippen molar-refractivity contribution >= 4 is 18.2 Å². The van der Waals surface area contributed by atoms with Crippen LogP contribution in [0.3, 0.4) is 0 Å². The third-order valence-electron chi connectivity index (χ3n) is 5.94. The standard InChI is InChI=1S/C32H28O6/c1-22-10-9-11-23(2)32(22)36-21-27-19-29(38-31(35)17-25-14-7-4-8-15-25)28(18-26(27)20-33)37-30(34)16-24-12-5-3-6-13-24/h3-15,18-20H,16-17,21H2,1-2H3. The fourth-order valence-corrected chi connectivity index (χ4v) is 4.03. The monoisotopic (exact) mass is 508 g/mol. The van der Waals surface area contributed by atoms with Gasteiger partial charge < -0.3 is 14.2 Å². The summed E-state index contributed by atoms with van der Waals surface area (Å²) in [5.41, 5.74) is 4.23. The molecular weight excluding hydrogens is 480 g/mol. The van der Waals surface area contributed by atoms with Crippen molar-refractivity contribution in [2.75, 3.05) is 0 Å². The summed E-state index contributed by atoms with van der Waals surface area (Å²) in [4.78, 5) is 37.5. The van der Waals surface area contributed by atoms with Gasteiger partial charge in [0.25, 0.3) is 0 Å². The van der Waals surface area contributed by atoms with Crippen LogP contribution in [0.1, 0.15) is 38.2 Å². The van der Waals surface area contributed by atoms with Crippen LogP contribution in [-0.4, -0.2) is 18.2 Å².